The highest BCUT2D eigenvalue weighted by molar-refractivity contribution is 7.99. The second-order valence-corrected chi connectivity index (χ2v) is 6.98. The lowest BCUT2D eigenvalue weighted by atomic mass is 9.91. The first kappa shape index (κ1) is 16.8. The summed E-state index contributed by atoms with van der Waals surface area (Å²) in [5.74, 6) is 0. The third kappa shape index (κ3) is 4.69. The molecule has 2 aliphatic carbocycles. The van der Waals surface area contributed by atoms with Crippen LogP contribution in [0, 0.1) is 0 Å². The largest absolute Gasteiger partial charge is 0.390 e. The number of carbonyl (C=O) groups is 1. The highest BCUT2D eigenvalue weighted by atomic mass is 32.2. The van der Waals surface area contributed by atoms with Gasteiger partial charge in [-0.1, -0.05) is 6.42 Å². The van der Waals surface area contributed by atoms with Crippen LogP contribution in [-0.4, -0.2) is 47.2 Å². The lowest BCUT2D eigenvalue weighted by Crippen LogP contribution is -2.53. The summed E-state index contributed by atoms with van der Waals surface area (Å²) in [6.07, 6.45) is 2.59. The van der Waals surface area contributed by atoms with Gasteiger partial charge in [-0.25, -0.2) is 4.79 Å². The van der Waals surface area contributed by atoms with E-state index in [9.17, 15) is 18.0 Å². The number of halogens is 3. The summed E-state index contributed by atoms with van der Waals surface area (Å²) in [4.78, 5) is 13.8. The van der Waals surface area contributed by atoms with Gasteiger partial charge in [0.25, 0.3) is 0 Å². The van der Waals surface area contributed by atoms with E-state index in [0.717, 1.165) is 38.5 Å². The van der Waals surface area contributed by atoms with Crippen LogP contribution in [0.2, 0.25) is 0 Å². The zero-order valence-electron chi connectivity index (χ0n) is 12.3. The van der Waals surface area contributed by atoms with Crippen molar-refractivity contribution in [2.24, 2.45) is 0 Å². The second-order valence-electron chi connectivity index (χ2n) is 5.90. The number of hydrogen-bond donors (Lipinski definition) is 1. The van der Waals surface area contributed by atoms with Gasteiger partial charge in [-0.05, 0) is 38.4 Å². The number of thioether (sulfide) groups is 1. The number of alkyl halides is 3. The molecule has 7 heteroatoms. The number of nitrogens with zero attached hydrogens (tertiary/aromatic N) is 1. The van der Waals surface area contributed by atoms with Gasteiger partial charge < -0.3 is 10.2 Å². The van der Waals surface area contributed by atoms with Crippen molar-refractivity contribution in [3.8, 4) is 0 Å². The molecule has 2 saturated carbocycles. The molecule has 0 aromatic carbocycles. The summed E-state index contributed by atoms with van der Waals surface area (Å²) in [5.41, 5.74) is 0. The topological polar surface area (TPSA) is 32.3 Å². The Morgan fingerprint density at radius 2 is 1.90 bits per heavy atom. The van der Waals surface area contributed by atoms with Gasteiger partial charge in [0.1, 0.15) is 0 Å². The molecule has 0 bridgehead atoms. The molecule has 0 saturated heterocycles. The Bertz CT molecular complexity index is 361. The lowest BCUT2D eigenvalue weighted by Gasteiger charge is -2.38. The van der Waals surface area contributed by atoms with Gasteiger partial charge in [0.2, 0.25) is 0 Å². The Morgan fingerprint density at radius 3 is 2.43 bits per heavy atom. The average molecular weight is 324 g/mol. The molecule has 0 unspecified atom stereocenters. The molecule has 2 fully saturated rings. The van der Waals surface area contributed by atoms with Crippen LogP contribution < -0.4 is 5.32 Å². The van der Waals surface area contributed by atoms with Crippen LogP contribution in [0.15, 0.2) is 0 Å². The van der Waals surface area contributed by atoms with Gasteiger partial charge in [0.05, 0.1) is 6.42 Å². The van der Waals surface area contributed by atoms with Gasteiger partial charge in [-0.2, -0.15) is 24.9 Å². The fraction of sp³-hybridized carbons (Fsp3) is 0.929. The van der Waals surface area contributed by atoms with Crippen molar-refractivity contribution in [2.75, 3.05) is 12.8 Å². The van der Waals surface area contributed by atoms with Crippen molar-refractivity contribution in [1.82, 2.24) is 10.2 Å². The maximum atomic E-state index is 12.4. The van der Waals surface area contributed by atoms with Crippen LogP contribution in [0.25, 0.3) is 0 Å². The molecule has 1 N–H and O–H groups in total. The third-order valence-electron chi connectivity index (χ3n) is 4.48. The van der Waals surface area contributed by atoms with Gasteiger partial charge >= 0.3 is 12.2 Å². The van der Waals surface area contributed by atoms with Crippen LogP contribution in [0.3, 0.4) is 0 Å². The maximum absolute atomic E-state index is 12.4. The molecule has 2 amide bonds. The van der Waals surface area contributed by atoms with E-state index < -0.39 is 12.6 Å². The van der Waals surface area contributed by atoms with Crippen LogP contribution in [0.4, 0.5) is 18.0 Å². The standard InChI is InChI=1S/C14H23F3N2OS/c1-21-12-7-3-6-11(12)18-13(20)19(10-4-2-5-10)9-8-14(15,16)17/h10-12H,2-9H2,1H3,(H,18,20)/t11-,12+/m0/s1. The van der Waals surface area contributed by atoms with Crippen molar-refractivity contribution in [3.63, 3.8) is 0 Å². The zero-order chi connectivity index (χ0) is 15.5. The van der Waals surface area contributed by atoms with E-state index >= 15 is 0 Å². The predicted molar refractivity (Wildman–Crippen MR) is 78.5 cm³/mol. The summed E-state index contributed by atoms with van der Waals surface area (Å²) < 4.78 is 37.3. The van der Waals surface area contributed by atoms with Crippen LogP contribution in [0.1, 0.15) is 44.9 Å². The predicted octanol–water partition coefficient (Wildman–Crippen LogP) is 3.79. The summed E-state index contributed by atoms with van der Waals surface area (Å²) in [6, 6.07) is -0.225. The van der Waals surface area contributed by atoms with E-state index in [1.165, 1.54) is 4.90 Å². The summed E-state index contributed by atoms with van der Waals surface area (Å²) in [7, 11) is 0. The molecule has 122 valence electrons. The molecular formula is C14H23F3N2OS. The number of urea groups is 1. The first-order valence-corrected chi connectivity index (χ1v) is 8.86. The lowest BCUT2D eigenvalue weighted by molar-refractivity contribution is -0.137. The molecule has 2 rings (SSSR count). The summed E-state index contributed by atoms with van der Waals surface area (Å²) >= 11 is 1.73. The first-order valence-electron chi connectivity index (χ1n) is 7.57. The Hall–Kier alpha value is -0.590. The van der Waals surface area contributed by atoms with E-state index in [2.05, 4.69) is 5.32 Å². The van der Waals surface area contributed by atoms with E-state index in [4.69, 9.17) is 0 Å². The maximum Gasteiger partial charge on any atom is 0.390 e. The molecule has 3 nitrogen and oxygen atoms in total. The Balaban J connectivity index is 1.91. The molecule has 2 aliphatic rings. The minimum atomic E-state index is -4.21. The minimum Gasteiger partial charge on any atom is -0.334 e. The van der Waals surface area contributed by atoms with Gasteiger partial charge in [0.15, 0.2) is 0 Å². The van der Waals surface area contributed by atoms with Crippen molar-refractivity contribution < 1.29 is 18.0 Å². The molecule has 0 aromatic rings. The first-order chi connectivity index (χ1) is 9.90. The smallest absolute Gasteiger partial charge is 0.334 e. The van der Waals surface area contributed by atoms with Crippen molar-refractivity contribution in [1.29, 1.82) is 0 Å². The molecule has 2 atom stereocenters. The Morgan fingerprint density at radius 1 is 1.24 bits per heavy atom. The number of nitrogens with one attached hydrogen (secondary N) is 1. The third-order valence-corrected chi connectivity index (χ3v) is 5.65. The monoisotopic (exact) mass is 324 g/mol. The Kier molecular flexibility index (Phi) is 5.68. The highest BCUT2D eigenvalue weighted by Gasteiger charge is 2.36. The quantitative estimate of drug-likeness (QED) is 0.834. The van der Waals surface area contributed by atoms with E-state index in [-0.39, 0.29) is 24.7 Å². The fourth-order valence-electron chi connectivity index (χ4n) is 3.01. The molecular weight excluding hydrogens is 301 g/mol. The zero-order valence-corrected chi connectivity index (χ0v) is 13.1. The number of hydrogen-bond acceptors (Lipinski definition) is 2. The highest BCUT2D eigenvalue weighted by Crippen LogP contribution is 2.30. The molecule has 0 heterocycles. The van der Waals surface area contributed by atoms with Crippen LogP contribution in [0.5, 0.6) is 0 Å². The van der Waals surface area contributed by atoms with Gasteiger partial charge in [-0.15, -0.1) is 0 Å². The van der Waals surface area contributed by atoms with E-state index in [1.807, 2.05) is 6.26 Å². The second kappa shape index (κ2) is 7.11. The van der Waals surface area contributed by atoms with Crippen LogP contribution >= 0.6 is 11.8 Å². The average Bonchev–Trinajstić information content (AvgIpc) is 2.77. The molecule has 0 radical (unpaired) electrons. The molecule has 0 aliphatic heterocycles. The minimum absolute atomic E-state index is 0.0125. The van der Waals surface area contributed by atoms with Gasteiger partial charge in [-0.3, -0.25) is 0 Å². The van der Waals surface area contributed by atoms with Crippen LogP contribution in [-0.2, 0) is 0 Å². The van der Waals surface area contributed by atoms with Crippen molar-refractivity contribution in [3.05, 3.63) is 0 Å². The normalized spacial score (nSPS) is 26.5. The summed E-state index contributed by atoms with van der Waals surface area (Å²) in [6.45, 7) is -0.226. The number of rotatable bonds is 5. The summed E-state index contributed by atoms with van der Waals surface area (Å²) in [5, 5.41) is 3.35. The van der Waals surface area contributed by atoms with E-state index in [1.54, 1.807) is 11.8 Å². The van der Waals surface area contributed by atoms with E-state index in [0.29, 0.717) is 5.25 Å². The number of carbonyl (C=O) groups excluding carboxylic acids is 1. The van der Waals surface area contributed by atoms with Crippen molar-refractivity contribution in [2.45, 2.75) is 68.5 Å². The fourth-order valence-corrected chi connectivity index (χ4v) is 3.95. The molecule has 21 heavy (non-hydrogen) atoms. The van der Waals surface area contributed by atoms with Gasteiger partial charge in [0, 0.05) is 23.9 Å². The number of amides is 2. The molecule has 0 aromatic heterocycles. The van der Waals surface area contributed by atoms with Crippen molar-refractivity contribution >= 4 is 17.8 Å². The molecule has 0 spiro atoms. The Labute approximate surface area is 128 Å². The SMILES string of the molecule is CS[C@@H]1CCC[C@@H]1NC(=O)N(CCC(F)(F)F)C1CCC1.